The minimum atomic E-state index is -0.744. The van der Waals surface area contributed by atoms with Gasteiger partial charge in [-0.3, -0.25) is 9.59 Å². The van der Waals surface area contributed by atoms with Crippen LogP contribution in [0.25, 0.3) is 10.8 Å². The van der Waals surface area contributed by atoms with Crippen LogP contribution < -0.4 is 10.9 Å². The number of rotatable bonds is 3. The summed E-state index contributed by atoms with van der Waals surface area (Å²) in [4.78, 5) is 24.8. The summed E-state index contributed by atoms with van der Waals surface area (Å²) in [5.41, 5.74) is 0.278. The van der Waals surface area contributed by atoms with Crippen molar-refractivity contribution in [2.24, 2.45) is 0 Å². The van der Waals surface area contributed by atoms with Crippen molar-refractivity contribution in [3.63, 3.8) is 0 Å². The lowest BCUT2D eigenvalue weighted by Gasteiger charge is -2.14. The van der Waals surface area contributed by atoms with Crippen molar-refractivity contribution in [1.82, 2.24) is 9.78 Å². The molecular weight excluding hydrogens is 314 g/mol. The third kappa shape index (κ3) is 3.10. The maximum atomic E-state index is 12.5. The molecule has 1 aromatic heterocycles. The third-order valence-electron chi connectivity index (χ3n) is 3.56. The first-order valence-corrected chi connectivity index (χ1v) is 7.47. The monoisotopic (exact) mass is 327 g/mol. The largest absolute Gasteiger partial charge is 0.324 e. The summed E-state index contributed by atoms with van der Waals surface area (Å²) in [6.45, 7) is 1.63. The fraction of sp³-hybridized carbons (Fsp3) is 0.118. The topological polar surface area (TPSA) is 64.0 Å². The van der Waals surface area contributed by atoms with Crippen molar-refractivity contribution in [2.75, 3.05) is 5.32 Å². The average molecular weight is 328 g/mol. The van der Waals surface area contributed by atoms with E-state index in [2.05, 4.69) is 10.4 Å². The van der Waals surface area contributed by atoms with E-state index < -0.39 is 6.04 Å². The number of benzene rings is 2. The van der Waals surface area contributed by atoms with Gasteiger partial charge in [0.25, 0.3) is 5.56 Å². The van der Waals surface area contributed by atoms with E-state index in [1.807, 2.05) is 12.1 Å². The summed E-state index contributed by atoms with van der Waals surface area (Å²) in [5.74, 6) is -0.336. The van der Waals surface area contributed by atoms with E-state index in [9.17, 15) is 9.59 Å². The van der Waals surface area contributed by atoms with Crippen LogP contribution in [0.2, 0.25) is 5.02 Å². The van der Waals surface area contributed by atoms with E-state index in [1.54, 1.807) is 49.5 Å². The lowest BCUT2D eigenvalue weighted by Crippen LogP contribution is -2.33. The van der Waals surface area contributed by atoms with Gasteiger partial charge in [0.15, 0.2) is 0 Å². The fourth-order valence-corrected chi connectivity index (χ4v) is 2.49. The zero-order valence-corrected chi connectivity index (χ0v) is 13.1. The molecule has 0 fully saturated rings. The van der Waals surface area contributed by atoms with Crippen molar-refractivity contribution < 1.29 is 4.79 Å². The van der Waals surface area contributed by atoms with Gasteiger partial charge in [-0.1, -0.05) is 35.9 Å². The molecule has 1 atom stereocenters. The predicted molar refractivity (Wildman–Crippen MR) is 90.8 cm³/mol. The molecule has 2 aromatic carbocycles. The molecule has 5 nitrogen and oxygen atoms in total. The molecule has 0 spiro atoms. The molecule has 0 aliphatic carbocycles. The third-order valence-corrected chi connectivity index (χ3v) is 3.79. The SMILES string of the molecule is C[C@@H](C(=O)Nc1cccc(Cl)c1)n1ncc2ccccc2c1=O. The Labute approximate surface area is 137 Å². The molecule has 0 bridgehead atoms. The lowest BCUT2D eigenvalue weighted by molar-refractivity contribution is -0.119. The molecule has 1 amide bonds. The van der Waals surface area contributed by atoms with Gasteiger partial charge in [0.1, 0.15) is 6.04 Å². The number of anilines is 1. The lowest BCUT2D eigenvalue weighted by atomic mass is 10.2. The Hall–Kier alpha value is -2.66. The second-order valence-corrected chi connectivity index (χ2v) is 5.59. The van der Waals surface area contributed by atoms with Crippen LogP contribution in [0, 0.1) is 0 Å². The smallest absolute Gasteiger partial charge is 0.275 e. The van der Waals surface area contributed by atoms with Crippen molar-refractivity contribution in [2.45, 2.75) is 13.0 Å². The van der Waals surface area contributed by atoms with Crippen molar-refractivity contribution in [3.05, 3.63) is 70.1 Å². The van der Waals surface area contributed by atoms with Gasteiger partial charge in [-0.05, 0) is 31.2 Å². The number of halogens is 1. The van der Waals surface area contributed by atoms with Crippen molar-refractivity contribution in [3.8, 4) is 0 Å². The summed E-state index contributed by atoms with van der Waals surface area (Å²) >= 11 is 5.90. The summed E-state index contributed by atoms with van der Waals surface area (Å²) in [6, 6.07) is 13.2. The van der Waals surface area contributed by atoms with E-state index in [1.165, 1.54) is 4.68 Å². The van der Waals surface area contributed by atoms with Crippen LogP contribution >= 0.6 is 11.6 Å². The number of nitrogens with one attached hydrogen (secondary N) is 1. The van der Waals surface area contributed by atoms with Crippen LogP contribution in [0.1, 0.15) is 13.0 Å². The Morgan fingerprint density at radius 3 is 2.78 bits per heavy atom. The maximum Gasteiger partial charge on any atom is 0.275 e. The van der Waals surface area contributed by atoms with Gasteiger partial charge in [-0.25, -0.2) is 4.68 Å². The van der Waals surface area contributed by atoms with Crippen molar-refractivity contribution >= 4 is 34.0 Å². The zero-order chi connectivity index (χ0) is 16.4. The highest BCUT2D eigenvalue weighted by atomic mass is 35.5. The van der Waals surface area contributed by atoms with Gasteiger partial charge in [0, 0.05) is 16.1 Å². The van der Waals surface area contributed by atoms with Gasteiger partial charge in [-0.2, -0.15) is 5.10 Å². The molecule has 0 unspecified atom stereocenters. The summed E-state index contributed by atoms with van der Waals surface area (Å²) in [6.07, 6.45) is 1.58. The molecule has 3 rings (SSSR count). The van der Waals surface area contributed by atoms with Crippen LogP contribution in [0.5, 0.6) is 0 Å². The zero-order valence-electron chi connectivity index (χ0n) is 12.4. The number of amides is 1. The Balaban J connectivity index is 1.90. The van der Waals surface area contributed by atoms with E-state index in [-0.39, 0.29) is 11.5 Å². The van der Waals surface area contributed by atoms with Crippen LogP contribution in [-0.4, -0.2) is 15.7 Å². The molecule has 116 valence electrons. The van der Waals surface area contributed by atoms with Gasteiger partial charge >= 0.3 is 0 Å². The molecule has 0 saturated carbocycles. The van der Waals surface area contributed by atoms with E-state index in [0.717, 1.165) is 5.39 Å². The molecule has 0 aliphatic heterocycles. The minimum absolute atomic E-state index is 0.295. The maximum absolute atomic E-state index is 12.5. The second-order valence-electron chi connectivity index (χ2n) is 5.16. The van der Waals surface area contributed by atoms with E-state index in [4.69, 9.17) is 11.6 Å². The standard InChI is InChI=1S/C17H14ClN3O2/c1-11(16(22)20-14-7-4-6-13(18)9-14)21-17(23)15-8-3-2-5-12(15)10-19-21/h2-11H,1H3,(H,20,22)/t11-/m0/s1. The summed E-state index contributed by atoms with van der Waals surface area (Å²) < 4.78 is 1.18. The first kappa shape index (κ1) is 15.2. The molecule has 23 heavy (non-hydrogen) atoms. The van der Waals surface area contributed by atoms with Crippen molar-refractivity contribution in [1.29, 1.82) is 0 Å². The normalized spacial score (nSPS) is 12.1. The predicted octanol–water partition coefficient (Wildman–Crippen LogP) is 3.25. The number of aromatic nitrogens is 2. The van der Waals surface area contributed by atoms with Gasteiger partial charge in [0.2, 0.25) is 5.91 Å². The average Bonchev–Trinajstić information content (AvgIpc) is 2.55. The van der Waals surface area contributed by atoms with E-state index >= 15 is 0 Å². The highest BCUT2D eigenvalue weighted by molar-refractivity contribution is 6.30. The quantitative estimate of drug-likeness (QED) is 0.803. The number of hydrogen-bond donors (Lipinski definition) is 1. The molecular formula is C17H14ClN3O2. The second kappa shape index (κ2) is 6.22. The molecule has 0 aliphatic rings. The number of carbonyl (C=O) groups is 1. The molecule has 1 N–H and O–H groups in total. The van der Waals surface area contributed by atoms with Crippen LogP contribution in [0.15, 0.2) is 59.5 Å². The first-order valence-electron chi connectivity index (χ1n) is 7.09. The Bertz CT molecular complexity index is 936. The van der Waals surface area contributed by atoms with Crippen LogP contribution in [-0.2, 0) is 4.79 Å². The highest BCUT2D eigenvalue weighted by Gasteiger charge is 2.18. The Kier molecular flexibility index (Phi) is 4.12. The van der Waals surface area contributed by atoms with Gasteiger partial charge in [0.05, 0.1) is 11.6 Å². The van der Waals surface area contributed by atoms with Gasteiger partial charge in [-0.15, -0.1) is 0 Å². The molecule has 0 saturated heterocycles. The summed E-state index contributed by atoms with van der Waals surface area (Å²) in [7, 11) is 0. The Morgan fingerprint density at radius 1 is 1.22 bits per heavy atom. The van der Waals surface area contributed by atoms with E-state index in [0.29, 0.717) is 16.1 Å². The molecule has 0 radical (unpaired) electrons. The molecule has 3 aromatic rings. The molecule has 6 heteroatoms. The fourth-order valence-electron chi connectivity index (χ4n) is 2.30. The Morgan fingerprint density at radius 2 is 2.00 bits per heavy atom. The van der Waals surface area contributed by atoms with Crippen LogP contribution in [0.4, 0.5) is 5.69 Å². The number of carbonyl (C=O) groups excluding carboxylic acids is 1. The van der Waals surface area contributed by atoms with Crippen LogP contribution in [0.3, 0.4) is 0 Å². The summed E-state index contributed by atoms with van der Waals surface area (Å²) in [5, 5.41) is 8.64. The van der Waals surface area contributed by atoms with Gasteiger partial charge < -0.3 is 5.32 Å². The number of fused-ring (bicyclic) bond motifs is 1. The highest BCUT2D eigenvalue weighted by Crippen LogP contribution is 2.16. The number of nitrogens with zero attached hydrogens (tertiary/aromatic N) is 2. The minimum Gasteiger partial charge on any atom is -0.324 e. The first-order chi connectivity index (χ1) is 11.1. The number of hydrogen-bond acceptors (Lipinski definition) is 3. The molecule has 1 heterocycles.